The lowest BCUT2D eigenvalue weighted by Crippen LogP contribution is -2.33. The van der Waals surface area contributed by atoms with Crippen LogP contribution in [0.1, 0.15) is 18.5 Å². The van der Waals surface area contributed by atoms with E-state index in [0.717, 1.165) is 11.8 Å². The van der Waals surface area contributed by atoms with Crippen molar-refractivity contribution >= 4 is 38.9 Å². The number of aliphatic hydroxyl groups excluding tert-OH is 1. The number of rotatable bonds is 9. The smallest absolute Gasteiger partial charge is 0.229 e. The first-order valence-electron chi connectivity index (χ1n) is 8.21. The third-order valence-electron chi connectivity index (χ3n) is 3.68. The standard InChI is InChI=1S/C18H22Cl2N2O4S/c1-12(13-6-7-17(19)18(20)8-13)21-10-15(23)11-26-16-5-3-4-14(9-16)22-27(2,24)25/h3-9,12,15,21-23H,10-11H2,1-2H3. The molecule has 6 nitrogen and oxygen atoms in total. The van der Waals surface area contributed by atoms with Crippen molar-refractivity contribution in [1.29, 1.82) is 0 Å². The highest BCUT2D eigenvalue weighted by atomic mass is 35.5. The first kappa shape index (κ1) is 21.8. The van der Waals surface area contributed by atoms with Crippen LogP contribution in [0, 0.1) is 0 Å². The lowest BCUT2D eigenvalue weighted by Gasteiger charge is -2.18. The molecule has 2 rings (SSSR count). The Hall–Kier alpha value is -1.51. The van der Waals surface area contributed by atoms with Crippen LogP contribution in [0.3, 0.4) is 0 Å². The number of ether oxygens (including phenoxy) is 1. The van der Waals surface area contributed by atoms with Gasteiger partial charge >= 0.3 is 0 Å². The van der Waals surface area contributed by atoms with Crippen LogP contribution in [0.4, 0.5) is 5.69 Å². The summed E-state index contributed by atoms with van der Waals surface area (Å²) in [5.41, 5.74) is 1.35. The summed E-state index contributed by atoms with van der Waals surface area (Å²) in [6.07, 6.45) is 0.326. The number of halogens is 2. The van der Waals surface area contributed by atoms with E-state index < -0.39 is 16.1 Å². The summed E-state index contributed by atoms with van der Waals surface area (Å²) in [7, 11) is -3.36. The van der Waals surface area contributed by atoms with Gasteiger partial charge in [-0.3, -0.25) is 4.72 Å². The molecule has 0 amide bonds. The van der Waals surface area contributed by atoms with Gasteiger partial charge in [0.25, 0.3) is 0 Å². The lowest BCUT2D eigenvalue weighted by atomic mass is 10.1. The average molecular weight is 433 g/mol. The quantitative estimate of drug-likeness (QED) is 0.564. The van der Waals surface area contributed by atoms with Gasteiger partial charge < -0.3 is 15.2 Å². The second-order valence-corrected chi connectivity index (χ2v) is 8.73. The number of hydrogen-bond acceptors (Lipinski definition) is 5. The summed E-state index contributed by atoms with van der Waals surface area (Å²) < 4.78 is 30.4. The molecule has 0 fully saturated rings. The zero-order chi connectivity index (χ0) is 20.0. The maximum atomic E-state index is 11.3. The van der Waals surface area contributed by atoms with E-state index in [9.17, 15) is 13.5 Å². The Morgan fingerprint density at radius 2 is 1.89 bits per heavy atom. The van der Waals surface area contributed by atoms with E-state index in [0.29, 0.717) is 28.0 Å². The van der Waals surface area contributed by atoms with Crippen LogP contribution < -0.4 is 14.8 Å². The van der Waals surface area contributed by atoms with Gasteiger partial charge in [-0.25, -0.2) is 8.42 Å². The molecule has 2 atom stereocenters. The molecule has 2 unspecified atom stereocenters. The van der Waals surface area contributed by atoms with E-state index in [-0.39, 0.29) is 12.6 Å². The van der Waals surface area contributed by atoms with E-state index in [2.05, 4.69) is 10.0 Å². The largest absolute Gasteiger partial charge is 0.491 e. The molecule has 0 aliphatic heterocycles. The summed E-state index contributed by atoms with van der Waals surface area (Å²) in [6.45, 7) is 2.32. The highest BCUT2D eigenvalue weighted by Crippen LogP contribution is 2.25. The highest BCUT2D eigenvalue weighted by Gasteiger charge is 2.11. The predicted octanol–water partition coefficient (Wildman–Crippen LogP) is 3.46. The Morgan fingerprint density at radius 3 is 2.56 bits per heavy atom. The number of hydrogen-bond donors (Lipinski definition) is 3. The Balaban J connectivity index is 1.83. The van der Waals surface area contributed by atoms with Crippen LogP contribution in [0.15, 0.2) is 42.5 Å². The second-order valence-electron chi connectivity index (χ2n) is 6.17. The van der Waals surface area contributed by atoms with Crippen LogP contribution in [-0.2, 0) is 10.0 Å². The molecule has 2 aromatic carbocycles. The molecular weight excluding hydrogens is 411 g/mol. The molecule has 0 radical (unpaired) electrons. The van der Waals surface area contributed by atoms with Crippen LogP contribution in [0.2, 0.25) is 10.0 Å². The van der Waals surface area contributed by atoms with Crippen molar-refractivity contribution in [2.24, 2.45) is 0 Å². The van der Waals surface area contributed by atoms with Crippen molar-refractivity contribution in [2.75, 3.05) is 24.1 Å². The molecule has 0 heterocycles. The fraction of sp³-hybridized carbons (Fsp3) is 0.333. The normalized spacial score (nSPS) is 13.8. The molecule has 2 aromatic rings. The van der Waals surface area contributed by atoms with Crippen LogP contribution in [-0.4, -0.2) is 39.0 Å². The van der Waals surface area contributed by atoms with Gasteiger partial charge in [-0.15, -0.1) is 0 Å². The molecule has 0 saturated heterocycles. The third-order valence-corrected chi connectivity index (χ3v) is 5.03. The Labute approximate surface area is 169 Å². The molecule has 148 valence electrons. The lowest BCUT2D eigenvalue weighted by molar-refractivity contribution is 0.104. The van der Waals surface area contributed by atoms with Crippen molar-refractivity contribution in [1.82, 2.24) is 5.32 Å². The zero-order valence-corrected chi connectivity index (χ0v) is 17.3. The maximum Gasteiger partial charge on any atom is 0.229 e. The van der Waals surface area contributed by atoms with Gasteiger partial charge in [-0.1, -0.05) is 35.3 Å². The van der Waals surface area contributed by atoms with E-state index >= 15 is 0 Å². The summed E-state index contributed by atoms with van der Waals surface area (Å²) >= 11 is 11.9. The van der Waals surface area contributed by atoms with Gasteiger partial charge in [0.05, 0.1) is 22.0 Å². The van der Waals surface area contributed by atoms with Crippen LogP contribution in [0.5, 0.6) is 5.75 Å². The third kappa shape index (κ3) is 7.56. The SMILES string of the molecule is CC(NCC(O)COc1cccc(NS(C)(=O)=O)c1)c1ccc(Cl)c(Cl)c1. The Kier molecular flexibility index (Phi) is 7.76. The molecule has 9 heteroatoms. The molecule has 0 aliphatic carbocycles. The molecule has 0 bridgehead atoms. The van der Waals surface area contributed by atoms with E-state index in [4.69, 9.17) is 27.9 Å². The van der Waals surface area contributed by atoms with Crippen molar-refractivity contribution < 1.29 is 18.3 Å². The van der Waals surface area contributed by atoms with E-state index in [1.165, 1.54) is 0 Å². The van der Waals surface area contributed by atoms with Gasteiger partial charge in [0, 0.05) is 18.7 Å². The van der Waals surface area contributed by atoms with Crippen molar-refractivity contribution in [3.05, 3.63) is 58.1 Å². The summed E-state index contributed by atoms with van der Waals surface area (Å²) in [4.78, 5) is 0. The average Bonchev–Trinajstić information content (AvgIpc) is 2.59. The van der Waals surface area contributed by atoms with Gasteiger partial charge in [-0.2, -0.15) is 0 Å². The second kappa shape index (κ2) is 9.61. The first-order valence-corrected chi connectivity index (χ1v) is 10.9. The minimum atomic E-state index is -3.36. The first-order chi connectivity index (χ1) is 12.6. The summed E-state index contributed by atoms with van der Waals surface area (Å²) in [5, 5.41) is 14.3. The van der Waals surface area contributed by atoms with Crippen LogP contribution in [0.25, 0.3) is 0 Å². The highest BCUT2D eigenvalue weighted by molar-refractivity contribution is 7.92. The summed E-state index contributed by atoms with van der Waals surface area (Å²) in [6, 6.07) is 11.9. The van der Waals surface area contributed by atoms with Crippen molar-refractivity contribution in [3.8, 4) is 5.75 Å². The topological polar surface area (TPSA) is 87.7 Å². The molecular formula is C18H22Cl2N2O4S. The number of aliphatic hydroxyl groups is 1. The number of nitrogens with one attached hydrogen (secondary N) is 2. The van der Waals surface area contributed by atoms with E-state index in [1.54, 1.807) is 36.4 Å². The molecule has 0 saturated carbocycles. The Morgan fingerprint density at radius 1 is 1.15 bits per heavy atom. The van der Waals surface area contributed by atoms with Gasteiger partial charge in [-0.05, 0) is 36.8 Å². The van der Waals surface area contributed by atoms with Gasteiger partial charge in [0.1, 0.15) is 18.5 Å². The zero-order valence-electron chi connectivity index (χ0n) is 14.9. The monoisotopic (exact) mass is 432 g/mol. The van der Waals surface area contributed by atoms with E-state index in [1.807, 2.05) is 13.0 Å². The van der Waals surface area contributed by atoms with Gasteiger partial charge in [0.2, 0.25) is 10.0 Å². The number of anilines is 1. The van der Waals surface area contributed by atoms with Crippen molar-refractivity contribution in [3.63, 3.8) is 0 Å². The van der Waals surface area contributed by atoms with Crippen LogP contribution >= 0.6 is 23.2 Å². The fourth-order valence-electron chi connectivity index (χ4n) is 2.33. The molecule has 0 aromatic heterocycles. The predicted molar refractivity (Wildman–Crippen MR) is 109 cm³/mol. The molecule has 27 heavy (non-hydrogen) atoms. The molecule has 0 aliphatic rings. The molecule has 3 N–H and O–H groups in total. The molecule has 0 spiro atoms. The fourth-order valence-corrected chi connectivity index (χ4v) is 3.19. The minimum Gasteiger partial charge on any atom is -0.491 e. The van der Waals surface area contributed by atoms with Crippen molar-refractivity contribution in [2.45, 2.75) is 19.1 Å². The Bertz CT molecular complexity index is 877. The summed E-state index contributed by atoms with van der Waals surface area (Å²) in [5.74, 6) is 0.459. The number of sulfonamides is 1. The number of benzene rings is 2. The van der Waals surface area contributed by atoms with Gasteiger partial charge in [0.15, 0.2) is 0 Å². The minimum absolute atomic E-state index is 0.0308. The maximum absolute atomic E-state index is 11.3.